The van der Waals surface area contributed by atoms with Crippen LogP contribution in [-0.4, -0.2) is 19.5 Å². The molecule has 2 N–H and O–H groups in total. The summed E-state index contributed by atoms with van der Waals surface area (Å²) in [6.07, 6.45) is 0. The minimum Gasteiger partial charge on any atom is -0.336 e. The summed E-state index contributed by atoms with van der Waals surface area (Å²) in [4.78, 5) is 32.8. The van der Waals surface area contributed by atoms with E-state index >= 15 is 0 Å². The van der Waals surface area contributed by atoms with Crippen LogP contribution in [0, 0.1) is 12.3 Å². The van der Waals surface area contributed by atoms with Crippen molar-refractivity contribution in [2.75, 3.05) is 0 Å². The minimum atomic E-state index is -0.421. The van der Waals surface area contributed by atoms with E-state index in [9.17, 15) is 9.59 Å². The number of H-pyrrole nitrogens is 2. The lowest BCUT2D eigenvalue weighted by atomic mass is 9.97. The van der Waals surface area contributed by atoms with E-state index in [0.717, 1.165) is 0 Å². The molecule has 6 heteroatoms. The fraction of sp³-hybridized carbons (Fsp3) is 0.545. The molecule has 0 saturated heterocycles. The Morgan fingerprint density at radius 3 is 2.47 bits per heavy atom. The summed E-state index contributed by atoms with van der Waals surface area (Å²) in [5.74, 6) is 0.624. The maximum Gasteiger partial charge on any atom is 0.330 e. The van der Waals surface area contributed by atoms with E-state index in [4.69, 9.17) is 0 Å². The van der Waals surface area contributed by atoms with Gasteiger partial charge in [-0.05, 0) is 12.3 Å². The molecule has 2 aromatic heterocycles. The molecule has 92 valence electrons. The fourth-order valence-electron chi connectivity index (χ4n) is 1.78. The molecule has 0 aliphatic rings. The maximum absolute atomic E-state index is 11.8. The Kier molecular flexibility index (Phi) is 2.45. The molecule has 0 aromatic carbocycles. The molecule has 0 aliphatic carbocycles. The third-order valence-corrected chi connectivity index (χ3v) is 2.38. The van der Waals surface area contributed by atoms with Gasteiger partial charge in [0.25, 0.3) is 5.56 Å². The molecule has 0 unspecified atom stereocenters. The van der Waals surface area contributed by atoms with Gasteiger partial charge < -0.3 is 4.98 Å². The average Bonchev–Trinajstić information content (AvgIpc) is 2.53. The number of nitrogens with zero attached hydrogens (tertiary/aromatic N) is 2. The van der Waals surface area contributed by atoms with Crippen molar-refractivity contribution < 1.29 is 0 Å². The van der Waals surface area contributed by atoms with Crippen molar-refractivity contribution in [3.63, 3.8) is 0 Å². The van der Waals surface area contributed by atoms with E-state index in [1.807, 2.05) is 20.8 Å². The fourth-order valence-corrected chi connectivity index (χ4v) is 1.78. The monoisotopic (exact) mass is 236 g/mol. The molecule has 0 spiro atoms. The average molecular weight is 236 g/mol. The Morgan fingerprint density at radius 1 is 1.24 bits per heavy atom. The molecule has 2 heterocycles. The van der Waals surface area contributed by atoms with E-state index in [-0.39, 0.29) is 5.41 Å². The highest BCUT2D eigenvalue weighted by molar-refractivity contribution is 5.69. The first-order valence-corrected chi connectivity index (χ1v) is 5.47. The second-order valence-corrected chi connectivity index (χ2v) is 5.43. The SMILES string of the molecule is Cc1nc2c([nH]1)c(=O)[nH]c(=O)n2CC(C)(C)C. The molecule has 0 radical (unpaired) electrons. The van der Waals surface area contributed by atoms with Crippen molar-refractivity contribution in [2.45, 2.75) is 34.2 Å². The number of hydrogen-bond acceptors (Lipinski definition) is 3. The van der Waals surface area contributed by atoms with Gasteiger partial charge in [-0.3, -0.25) is 14.3 Å². The van der Waals surface area contributed by atoms with Crippen LogP contribution in [0.3, 0.4) is 0 Å². The number of nitrogens with one attached hydrogen (secondary N) is 2. The summed E-state index contributed by atoms with van der Waals surface area (Å²) in [7, 11) is 0. The lowest BCUT2D eigenvalue weighted by Crippen LogP contribution is -2.33. The van der Waals surface area contributed by atoms with Crippen LogP contribution < -0.4 is 11.2 Å². The normalized spacial score (nSPS) is 12.2. The van der Waals surface area contributed by atoms with Gasteiger partial charge in [0.2, 0.25) is 0 Å². The van der Waals surface area contributed by atoms with Crippen LogP contribution >= 0.6 is 0 Å². The van der Waals surface area contributed by atoms with E-state index < -0.39 is 11.2 Å². The number of imidazole rings is 1. The van der Waals surface area contributed by atoms with Crippen LogP contribution in [-0.2, 0) is 6.54 Å². The van der Waals surface area contributed by atoms with Crippen LogP contribution in [0.5, 0.6) is 0 Å². The number of fused-ring (bicyclic) bond motifs is 1. The van der Waals surface area contributed by atoms with Gasteiger partial charge in [-0.25, -0.2) is 9.78 Å². The third kappa shape index (κ3) is 2.15. The number of aromatic nitrogens is 4. The summed E-state index contributed by atoms with van der Waals surface area (Å²) < 4.78 is 1.50. The zero-order chi connectivity index (χ0) is 12.8. The minimum absolute atomic E-state index is 0.0676. The van der Waals surface area contributed by atoms with Crippen LogP contribution in [0.25, 0.3) is 11.2 Å². The lowest BCUT2D eigenvalue weighted by Gasteiger charge is -2.19. The lowest BCUT2D eigenvalue weighted by molar-refractivity contribution is 0.340. The van der Waals surface area contributed by atoms with Crippen molar-refractivity contribution in [2.24, 2.45) is 5.41 Å². The third-order valence-electron chi connectivity index (χ3n) is 2.38. The van der Waals surface area contributed by atoms with Gasteiger partial charge in [0.05, 0.1) is 0 Å². The van der Waals surface area contributed by atoms with Crippen molar-refractivity contribution in [3.8, 4) is 0 Å². The van der Waals surface area contributed by atoms with Gasteiger partial charge in [0.1, 0.15) is 11.3 Å². The molecule has 0 fully saturated rings. The van der Waals surface area contributed by atoms with Gasteiger partial charge in [0, 0.05) is 6.54 Å². The summed E-state index contributed by atoms with van der Waals surface area (Å²) in [5.41, 5.74) is -0.126. The van der Waals surface area contributed by atoms with E-state index in [1.54, 1.807) is 6.92 Å². The molecule has 0 saturated carbocycles. The molecular weight excluding hydrogens is 220 g/mol. The van der Waals surface area contributed by atoms with E-state index in [1.165, 1.54) is 4.57 Å². The van der Waals surface area contributed by atoms with E-state index in [0.29, 0.717) is 23.5 Å². The molecule has 0 amide bonds. The number of aromatic amines is 2. The predicted molar refractivity (Wildman–Crippen MR) is 65.2 cm³/mol. The highest BCUT2D eigenvalue weighted by Gasteiger charge is 2.17. The summed E-state index contributed by atoms with van der Waals surface area (Å²) >= 11 is 0. The first-order valence-electron chi connectivity index (χ1n) is 5.47. The Hall–Kier alpha value is -1.85. The predicted octanol–water partition coefficient (Wildman–Crippen LogP) is 0.767. The zero-order valence-corrected chi connectivity index (χ0v) is 10.4. The van der Waals surface area contributed by atoms with Crippen LogP contribution in [0.4, 0.5) is 0 Å². The van der Waals surface area contributed by atoms with Crippen LogP contribution in [0.2, 0.25) is 0 Å². The quantitative estimate of drug-likeness (QED) is 0.767. The Morgan fingerprint density at radius 2 is 1.88 bits per heavy atom. The molecule has 6 nitrogen and oxygen atoms in total. The second-order valence-electron chi connectivity index (χ2n) is 5.43. The molecule has 0 atom stereocenters. The molecule has 2 aromatic rings. The molecule has 2 rings (SSSR count). The summed E-state index contributed by atoms with van der Waals surface area (Å²) in [6.45, 7) is 8.33. The van der Waals surface area contributed by atoms with Crippen LogP contribution in [0.15, 0.2) is 9.59 Å². The zero-order valence-electron chi connectivity index (χ0n) is 10.4. The van der Waals surface area contributed by atoms with Gasteiger partial charge in [-0.2, -0.15) is 0 Å². The van der Waals surface area contributed by atoms with Crippen molar-refractivity contribution in [1.82, 2.24) is 19.5 Å². The first-order chi connectivity index (χ1) is 7.78. The number of aryl methyl sites for hydroxylation is 1. The summed E-state index contributed by atoms with van der Waals surface area (Å²) in [6, 6.07) is 0. The highest BCUT2D eigenvalue weighted by Crippen LogP contribution is 2.16. The van der Waals surface area contributed by atoms with Crippen molar-refractivity contribution >= 4 is 11.2 Å². The molecule has 0 aliphatic heterocycles. The number of rotatable bonds is 1. The van der Waals surface area contributed by atoms with Crippen molar-refractivity contribution in [3.05, 3.63) is 26.7 Å². The van der Waals surface area contributed by atoms with E-state index in [2.05, 4.69) is 15.0 Å². The van der Waals surface area contributed by atoms with Gasteiger partial charge >= 0.3 is 5.69 Å². The van der Waals surface area contributed by atoms with Crippen LogP contribution in [0.1, 0.15) is 26.6 Å². The smallest absolute Gasteiger partial charge is 0.330 e. The Bertz CT molecular complexity index is 669. The Labute approximate surface area is 97.7 Å². The van der Waals surface area contributed by atoms with Gasteiger partial charge in [-0.15, -0.1) is 0 Å². The largest absolute Gasteiger partial charge is 0.336 e. The maximum atomic E-state index is 11.8. The highest BCUT2D eigenvalue weighted by atomic mass is 16.2. The van der Waals surface area contributed by atoms with Gasteiger partial charge in [-0.1, -0.05) is 20.8 Å². The standard InChI is InChI=1S/C11H16N4O2/c1-6-12-7-8(13-6)15(5-11(2,3)4)10(17)14-9(7)16/h5H2,1-4H3,(H,12,13)(H,14,16,17). The topological polar surface area (TPSA) is 83.5 Å². The first kappa shape index (κ1) is 11.6. The summed E-state index contributed by atoms with van der Waals surface area (Å²) in [5, 5.41) is 0. The number of hydrogen-bond donors (Lipinski definition) is 2. The molecule has 0 bridgehead atoms. The molecular formula is C11H16N4O2. The van der Waals surface area contributed by atoms with Gasteiger partial charge in [0.15, 0.2) is 5.65 Å². The Balaban J connectivity index is 2.78. The molecule has 17 heavy (non-hydrogen) atoms. The van der Waals surface area contributed by atoms with Crippen molar-refractivity contribution in [1.29, 1.82) is 0 Å². The second kappa shape index (κ2) is 3.58.